The van der Waals surface area contributed by atoms with Crippen molar-refractivity contribution in [2.24, 2.45) is 10.7 Å². The normalized spacial score (nSPS) is 11.9. The molecular formula is C17H32N4O. The third kappa shape index (κ3) is 7.48. The molecule has 0 radical (unpaired) electrons. The van der Waals surface area contributed by atoms with Crippen LogP contribution in [0.2, 0.25) is 0 Å². The molecule has 0 aliphatic carbocycles. The van der Waals surface area contributed by atoms with Crippen molar-refractivity contribution in [3.05, 3.63) is 17.0 Å². The third-order valence-electron chi connectivity index (χ3n) is 3.88. The highest BCUT2D eigenvalue weighted by atomic mass is 16.5. The number of unbranched alkanes of at least 4 members (excludes halogenated alkanes) is 5. The fraction of sp³-hybridized carbons (Fsp3) is 0.765. The van der Waals surface area contributed by atoms with E-state index in [4.69, 9.17) is 10.3 Å². The van der Waals surface area contributed by atoms with Gasteiger partial charge in [-0.3, -0.25) is 4.99 Å². The number of nitrogens with one attached hydrogen (secondary N) is 1. The molecular weight excluding hydrogens is 276 g/mol. The zero-order valence-electron chi connectivity index (χ0n) is 14.5. The Hall–Kier alpha value is -1.52. The van der Waals surface area contributed by atoms with Crippen molar-refractivity contribution in [1.29, 1.82) is 0 Å². The van der Waals surface area contributed by atoms with Gasteiger partial charge in [0, 0.05) is 18.7 Å². The van der Waals surface area contributed by atoms with Gasteiger partial charge in [-0.2, -0.15) is 0 Å². The van der Waals surface area contributed by atoms with E-state index in [0.29, 0.717) is 5.96 Å². The smallest absolute Gasteiger partial charge is 0.188 e. The summed E-state index contributed by atoms with van der Waals surface area (Å²) in [6, 6.07) is 0. The molecule has 22 heavy (non-hydrogen) atoms. The molecule has 1 rings (SSSR count). The highest BCUT2D eigenvalue weighted by Gasteiger charge is 2.07. The van der Waals surface area contributed by atoms with Crippen LogP contribution >= 0.6 is 0 Å². The van der Waals surface area contributed by atoms with Crippen LogP contribution in [0.25, 0.3) is 0 Å². The maximum atomic E-state index is 5.86. The molecule has 0 spiro atoms. The molecule has 1 aromatic heterocycles. The van der Waals surface area contributed by atoms with Gasteiger partial charge in [-0.25, -0.2) is 0 Å². The van der Waals surface area contributed by atoms with Crippen molar-refractivity contribution < 1.29 is 4.52 Å². The van der Waals surface area contributed by atoms with E-state index in [9.17, 15) is 0 Å². The van der Waals surface area contributed by atoms with E-state index in [1.54, 1.807) is 0 Å². The molecule has 0 fully saturated rings. The van der Waals surface area contributed by atoms with Crippen LogP contribution in [-0.4, -0.2) is 24.2 Å². The number of guanidine groups is 1. The fourth-order valence-corrected chi connectivity index (χ4v) is 2.49. The standard InChI is InChI=1S/C17H32N4O/c1-4-5-6-7-8-9-12-19-17(18)20-13-10-11-16-14(2)21-22-15(16)3/h4-13H2,1-3H3,(H3,18,19,20). The molecule has 0 bridgehead atoms. The highest BCUT2D eigenvalue weighted by Crippen LogP contribution is 2.14. The number of nitrogens with two attached hydrogens (primary N) is 1. The van der Waals surface area contributed by atoms with Gasteiger partial charge in [-0.1, -0.05) is 44.2 Å². The predicted molar refractivity (Wildman–Crippen MR) is 92.2 cm³/mol. The Morgan fingerprint density at radius 2 is 1.86 bits per heavy atom. The van der Waals surface area contributed by atoms with Gasteiger partial charge in [0.25, 0.3) is 0 Å². The van der Waals surface area contributed by atoms with Crippen molar-refractivity contribution in [2.75, 3.05) is 13.1 Å². The first kappa shape index (κ1) is 18.5. The molecule has 0 saturated carbocycles. The van der Waals surface area contributed by atoms with Gasteiger partial charge in [-0.05, 0) is 33.1 Å². The second-order valence-electron chi connectivity index (χ2n) is 5.87. The lowest BCUT2D eigenvalue weighted by molar-refractivity contribution is 0.392. The van der Waals surface area contributed by atoms with Gasteiger partial charge >= 0.3 is 0 Å². The molecule has 0 aromatic carbocycles. The van der Waals surface area contributed by atoms with Crippen molar-refractivity contribution in [3.63, 3.8) is 0 Å². The number of hydrogen-bond donors (Lipinski definition) is 2. The SMILES string of the molecule is CCCCCCCCNC(N)=NCCCc1c(C)noc1C. The van der Waals surface area contributed by atoms with E-state index < -0.39 is 0 Å². The Morgan fingerprint density at radius 1 is 1.14 bits per heavy atom. The van der Waals surface area contributed by atoms with Crippen molar-refractivity contribution in [3.8, 4) is 0 Å². The average molecular weight is 308 g/mol. The quantitative estimate of drug-likeness (QED) is 0.373. The Bertz CT molecular complexity index is 420. The Balaban J connectivity index is 2.06. The number of hydrogen-bond acceptors (Lipinski definition) is 3. The van der Waals surface area contributed by atoms with Crippen LogP contribution in [0.5, 0.6) is 0 Å². The van der Waals surface area contributed by atoms with E-state index >= 15 is 0 Å². The first-order valence-electron chi connectivity index (χ1n) is 8.60. The minimum Gasteiger partial charge on any atom is -0.370 e. The van der Waals surface area contributed by atoms with Crippen LogP contribution in [0.4, 0.5) is 0 Å². The monoisotopic (exact) mass is 308 g/mol. The largest absolute Gasteiger partial charge is 0.370 e. The molecule has 126 valence electrons. The third-order valence-corrected chi connectivity index (χ3v) is 3.88. The maximum Gasteiger partial charge on any atom is 0.188 e. The lowest BCUT2D eigenvalue weighted by atomic mass is 10.1. The van der Waals surface area contributed by atoms with Gasteiger partial charge in [0.2, 0.25) is 0 Å². The Labute approximate surface area is 134 Å². The molecule has 1 aromatic rings. The fourth-order valence-electron chi connectivity index (χ4n) is 2.49. The molecule has 0 aliphatic rings. The molecule has 5 heteroatoms. The molecule has 0 amide bonds. The van der Waals surface area contributed by atoms with E-state index in [1.807, 2.05) is 13.8 Å². The van der Waals surface area contributed by atoms with E-state index in [1.165, 1.54) is 44.1 Å². The summed E-state index contributed by atoms with van der Waals surface area (Å²) in [4.78, 5) is 4.36. The average Bonchev–Trinajstić information content (AvgIpc) is 2.82. The summed E-state index contributed by atoms with van der Waals surface area (Å²) in [5, 5.41) is 7.15. The molecule has 0 atom stereocenters. The number of rotatable bonds is 11. The van der Waals surface area contributed by atoms with Crippen molar-refractivity contribution in [2.45, 2.75) is 72.1 Å². The van der Waals surface area contributed by atoms with E-state index in [0.717, 1.165) is 37.4 Å². The molecule has 3 N–H and O–H groups in total. The molecule has 1 heterocycles. The van der Waals surface area contributed by atoms with Crippen molar-refractivity contribution in [1.82, 2.24) is 10.5 Å². The minimum atomic E-state index is 0.562. The summed E-state index contributed by atoms with van der Waals surface area (Å²) in [7, 11) is 0. The Morgan fingerprint density at radius 3 is 2.55 bits per heavy atom. The molecule has 5 nitrogen and oxygen atoms in total. The summed E-state index contributed by atoms with van der Waals surface area (Å²) >= 11 is 0. The first-order chi connectivity index (χ1) is 10.6. The number of aromatic nitrogens is 1. The minimum absolute atomic E-state index is 0.562. The zero-order chi connectivity index (χ0) is 16.2. The van der Waals surface area contributed by atoms with Crippen LogP contribution in [0.1, 0.15) is 68.9 Å². The van der Waals surface area contributed by atoms with Crippen LogP contribution in [0.15, 0.2) is 9.52 Å². The number of nitrogens with zero attached hydrogens (tertiary/aromatic N) is 2. The summed E-state index contributed by atoms with van der Waals surface area (Å²) in [5.74, 6) is 1.47. The van der Waals surface area contributed by atoms with E-state index in [2.05, 4.69) is 22.4 Å². The number of aryl methyl sites for hydroxylation is 2. The van der Waals surface area contributed by atoms with Crippen LogP contribution in [0, 0.1) is 13.8 Å². The van der Waals surface area contributed by atoms with Crippen LogP contribution < -0.4 is 11.1 Å². The topological polar surface area (TPSA) is 76.4 Å². The highest BCUT2D eigenvalue weighted by molar-refractivity contribution is 5.77. The summed E-state index contributed by atoms with van der Waals surface area (Å²) < 4.78 is 5.15. The van der Waals surface area contributed by atoms with Crippen LogP contribution in [-0.2, 0) is 6.42 Å². The Kier molecular flexibility index (Phi) is 9.35. The molecule has 0 saturated heterocycles. The summed E-state index contributed by atoms with van der Waals surface area (Å²) in [5.41, 5.74) is 8.05. The summed E-state index contributed by atoms with van der Waals surface area (Å²) in [6.45, 7) is 7.83. The zero-order valence-corrected chi connectivity index (χ0v) is 14.5. The van der Waals surface area contributed by atoms with Crippen LogP contribution in [0.3, 0.4) is 0 Å². The van der Waals surface area contributed by atoms with Gasteiger partial charge in [0.15, 0.2) is 5.96 Å². The second kappa shape index (κ2) is 11.1. The first-order valence-corrected chi connectivity index (χ1v) is 8.60. The second-order valence-corrected chi connectivity index (χ2v) is 5.87. The predicted octanol–water partition coefficient (Wildman–Crippen LogP) is 3.49. The maximum absolute atomic E-state index is 5.86. The summed E-state index contributed by atoms with van der Waals surface area (Å²) in [6.07, 6.45) is 9.66. The van der Waals surface area contributed by atoms with Gasteiger partial charge < -0.3 is 15.6 Å². The van der Waals surface area contributed by atoms with Gasteiger partial charge in [-0.15, -0.1) is 0 Å². The van der Waals surface area contributed by atoms with Gasteiger partial charge in [0.05, 0.1) is 5.69 Å². The number of aliphatic imine (C=N–C) groups is 1. The van der Waals surface area contributed by atoms with E-state index in [-0.39, 0.29) is 0 Å². The van der Waals surface area contributed by atoms with Gasteiger partial charge in [0.1, 0.15) is 5.76 Å². The van der Waals surface area contributed by atoms with Crippen molar-refractivity contribution >= 4 is 5.96 Å². The molecule has 0 aliphatic heterocycles. The lowest BCUT2D eigenvalue weighted by Gasteiger charge is -2.05. The lowest BCUT2D eigenvalue weighted by Crippen LogP contribution is -2.32. The molecule has 0 unspecified atom stereocenters.